The molecule has 2 aromatic carbocycles. The van der Waals surface area contributed by atoms with E-state index in [1.807, 2.05) is 84.9 Å². The number of nitrogens with zero attached hydrogens (tertiary/aromatic N) is 4. The zero-order chi connectivity index (χ0) is 22.5. The van der Waals surface area contributed by atoms with E-state index in [4.69, 9.17) is 4.74 Å². The Balaban J connectivity index is 1.88. The number of ether oxygens (including phenoxy) is 1. The Morgan fingerprint density at radius 2 is 1.47 bits per heavy atom. The molecule has 4 rings (SSSR count). The maximum Gasteiger partial charge on any atom is 0.148 e. The van der Waals surface area contributed by atoms with Crippen molar-refractivity contribution in [3.63, 3.8) is 0 Å². The van der Waals surface area contributed by atoms with Gasteiger partial charge in [-0.05, 0) is 66.2 Å². The van der Waals surface area contributed by atoms with E-state index in [1.54, 1.807) is 13.2 Å². The summed E-state index contributed by atoms with van der Waals surface area (Å²) in [5.41, 5.74) is 3.91. The third kappa shape index (κ3) is 3.77. The van der Waals surface area contributed by atoms with Crippen LogP contribution in [0.5, 0.6) is 5.75 Å². The van der Waals surface area contributed by atoms with Gasteiger partial charge in [-0.2, -0.15) is 15.8 Å². The van der Waals surface area contributed by atoms with Crippen LogP contribution in [0.3, 0.4) is 0 Å². The Kier molecular flexibility index (Phi) is 5.86. The van der Waals surface area contributed by atoms with Crippen LogP contribution in [0.4, 0.5) is 0 Å². The van der Waals surface area contributed by atoms with Gasteiger partial charge in [-0.1, -0.05) is 18.2 Å². The highest BCUT2D eigenvalue weighted by Crippen LogP contribution is 2.38. The highest BCUT2D eigenvalue weighted by Gasteiger charge is 2.17. The number of methoxy groups -OCH3 is 1. The molecule has 0 amide bonds. The molecule has 0 unspecified atom stereocenters. The van der Waals surface area contributed by atoms with Crippen LogP contribution in [-0.2, 0) is 0 Å². The van der Waals surface area contributed by atoms with Gasteiger partial charge >= 0.3 is 0 Å². The van der Waals surface area contributed by atoms with Gasteiger partial charge in [-0.25, -0.2) is 0 Å². The molecule has 0 atom stereocenters. The van der Waals surface area contributed by atoms with E-state index in [0.29, 0.717) is 4.88 Å². The molecule has 0 saturated heterocycles. The number of para-hydroxylation sites is 1. The minimum absolute atomic E-state index is 0.0967. The molecule has 0 spiro atoms. The molecule has 0 aliphatic carbocycles. The van der Waals surface area contributed by atoms with Crippen molar-refractivity contribution in [2.24, 2.45) is 0 Å². The van der Waals surface area contributed by atoms with Crippen LogP contribution in [0.15, 0.2) is 84.4 Å². The predicted molar refractivity (Wildman–Crippen MR) is 125 cm³/mol. The average Bonchev–Trinajstić information content (AvgIpc) is 3.50. The highest BCUT2D eigenvalue weighted by molar-refractivity contribution is 7.16. The van der Waals surface area contributed by atoms with Crippen molar-refractivity contribution < 1.29 is 4.74 Å². The maximum absolute atomic E-state index is 9.50. The van der Waals surface area contributed by atoms with Crippen molar-refractivity contribution in [1.29, 1.82) is 15.8 Å². The van der Waals surface area contributed by atoms with Gasteiger partial charge in [-0.15, -0.1) is 11.3 Å². The van der Waals surface area contributed by atoms with Crippen LogP contribution >= 0.6 is 11.3 Å². The smallest absolute Gasteiger partial charge is 0.148 e. The second-order valence-electron chi connectivity index (χ2n) is 6.75. The summed E-state index contributed by atoms with van der Waals surface area (Å²) in [4.78, 5) is 1.51. The van der Waals surface area contributed by atoms with Gasteiger partial charge in [0.05, 0.1) is 28.9 Å². The van der Waals surface area contributed by atoms with E-state index < -0.39 is 0 Å². The van der Waals surface area contributed by atoms with E-state index >= 15 is 0 Å². The van der Waals surface area contributed by atoms with Gasteiger partial charge in [0, 0.05) is 10.6 Å². The fraction of sp³-hybridized carbons (Fsp3) is 0.0385. The topological polar surface area (TPSA) is 85.5 Å². The number of aromatic nitrogens is 1. The second-order valence-corrected chi connectivity index (χ2v) is 7.84. The lowest BCUT2D eigenvalue weighted by atomic mass is 10.1. The van der Waals surface area contributed by atoms with Crippen molar-refractivity contribution in [3.05, 3.63) is 89.3 Å². The summed E-state index contributed by atoms with van der Waals surface area (Å²) in [6.07, 6.45) is 0. The van der Waals surface area contributed by atoms with Crippen LogP contribution in [-0.4, -0.2) is 11.7 Å². The summed E-state index contributed by atoms with van der Waals surface area (Å²) in [5, 5.41) is 27.9. The monoisotopic (exact) mass is 432 g/mol. The summed E-state index contributed by atoms with van der Waals surface area (Å²) < 4.78 is 7.44. The first-order chi connectivity index (χ1) is 15.7. The molecule has 5 nitrogen and oxygen atoms in total. The minimum atomic E-state index is -0.182. The third-order valence-corrected chi connectivity index (χ3v) is 6.10. The Morgan fingerprint density at radius 1 is 0.781 bits per heavy atom. The number of thiophene rings is 1. The minimum Gasteiger partial charge on any atom is -0.497 e. The predicted octanol–water partition coefficient (Wildman–Crippen LogP) is 6.21. The molecule has 0 radical (unpaired) electrons. The molecule has 0 fully saturated rings. The number of hydrogen-bond acceptors (Lipinski definition) is 5. The Morgan fingerprint density at radius 3 is 2.09 bits per heavy atom. The van der Waals surface area contributed by atoms with Crippen LogP contribution < -0.4 is 4.74 Å². The van der Waals surface area contributed by atoms with Crippen molar-refractivity contribution in [1.82, 2.24) is 4.57 Å². The van der Waals surface area contributed by atoms with Gasteiger partial charge in [0.1, 0.15) is 29.5 Å². The van der Waals surface area contributed by atoms with Gasteiger partial charge in [0.25, 0.3) is 0 Å². The Hall–Kier alpha value is -4.57. The number of hydrogen-bond donors (Lipinski definition) is 0. The number of benzene rings is 2. The second kappa shape index (κ2) is 9.06. The quantitative estimate of drug-likeness (QED) is 0.351. The fourth-order valence-corrected chi connectivity index (χ4v) is 4.48. The molecule has 0 aliphatic rings. The highest BCUT2D eigenvalue weighted by atomic mass is 32.1. The Labute approximate surface area is 189 Å². The van der Waals surface area contributed by atoms with Crippen LogP contribution in [0.25, 0.3) is 33.1 Å². The normalized spacial score (nSPS) is 9.94. The Bertz CT molecular complexity index is 1410. The molecule has 32 heavy (non-hydrogen) atoms. The molecular weight excluding hydrogens is 416 g/mol. The molecule has 0 bridgehead atoms. The first-order valence-electron chi connectivity index (χ1n) is 9.67. The van der Waals surface area contributed by atoms with Crippen molar-refractivity contribution >= 4 is 16.9 Å². The number of nitriles is 3. The zero-order valence-corrected chi connectivity index (χ0v) is 17.9. The van der Waals surface area contributed by atoms with Crippen LogP contribution in [0.1, 0.15) is 4.88 Å². The van der Waals surface area contributed by atoms with Crippen molar-refractivity contribution in [2.45, 2.75) is 0 Å². The van der Waals surface area contributed by atoms with E-state index in [1.165, 1.54) is 11.3 Å². The average molecular weight is 433 g/mol. The first kappa shape index (κ1) is 20.7. The summed E-state index contributed by atoms with van der Waals surface area (Å²) in [6.45, 7) is 0. The lowest BCUT2D eigenvalue weighted by molar-refractivity contribution is 0.415. The van der Waals surface area contributed by atoms with Crippen LogP contribution in [0, 0.1) is 34.0 Å². The molecule has 0 N–H and O–H groups in total. The number of rotatable bonds is 5. The largest absolute Gasteiger partial charge is 0.497 e. The summed E-state index contributed by atoms with van der Waals surface area (Å²) in [6, 6.07) is 31.3. The fourth-order valence-electron chi connectivity index (χ4n) is 3.45. The van der Waals surface area contributed by atoms with Crippen LogP contribution in [0.2, 0.25) is 0 Å². The lowest BCUT2D eigenvalue weighted by Gasteiger charge is -2.13. The molecule has 152 valence electrons. The molecule has 4 aromatic rings. The zero-order valence-electron chi connectivity index (χ0n) is 17.1. The molecular formula is C26H16N4OS. The first-order valence-corrected chi connectivity index (χ1v) is 10.5. The van der Waals surface area contributed by atoms with Crippen molar-refractivity contribution in [3.8, 4) is 51.5 Å². The molecule has 2 heterocycles. The molecule has 2 aromatic heterocycles. The molecule has 0 saturated carbocycles. The van der Waals surface area contributed by atoms with Gasteiger partial charge in [0.2, 0.25) is 0 Å². The van der Waals surface area contributed by atoms with Gasteiger partial charge < -0.3 is 9.30 Å². The third-order valence-electron chi connectivity index (χ3n) is 4.97. The van der Waals surface area contributed by atoms with E-state index in [-0.39, 0.29) is 11.1 Å². The maximum atomic E-state index is 9.50. The molecule has 0 aliphatic heterocycles. The van der Waals surface area contributed by atoms with Crippen molar-refractivity contribution in [2.75, 3.05) is 7.11 Å². The summed E-state index contributed by atoms with van der Waals surface area (Å²) >= 11 is 1.38. The number of allylic oxidation sites excluding steroid dienone is 2. The SMILES string of the molecule is COc1ccc(-c2ccc(-c3ccc(C(C#N)=C(C#N)C#N)s3)n2-c2ccccc2)cc1. The molecule has 6 heteroatoms. The lowest BCUT2D eigenvalue weighted by Crippen LogP contribution is -1.98. The standard InChI is InChI=1S/C26H16N4OS/c1-31-21-9-7-18(8-10-21)23-11-12-24(30(23)20-5-3-2-4-6-20)26-14-13-25(32-26)22(17-29)19(15-27)16-28/h2-14H,1H3. The van der Waals surface area contributed by atoms with Gasteiger partial charge in [0.15, 0.2) is 0 Å². The van der Waals surface area contributed by atoms with E-state index in [9.17, 15) is 15.8 Å². The summed E-state index contributed by atoms with van der Waals surface area (Å²) in [7, 11) is 1.64. The van der Waals surface area contributed by atoms with E-state index in [0.717, 1.165) is 33.3 Å². The van der Waals surface area contributed by atoms with Gasteiger partial charge in [-0.3, -0.25) is 0 Å². The van der Waals surface area contributed by atoms with E-state index in [2.05, 4.69) is 10.6 Å². The summed E-state index contributed by atoms with van der Waals surface area (Å²) in [5.74, 6) is 0.788.